The highest BCUT2D eigenvalue weighted by atomic mass is 16.2. The van der Waals surface area contributed by atoms with Crippen molar-refractivity contribution in [2.75, 3.05) is 20.6 Å². The first-order valence-electron chi connectivity index (χ1n) is 5.44. The fourth-order valence-corrected chi connectivity index (χ4v) is 1.37. The molecule has 1 rings (SSSR count). The van der Waals surface area contributed by atoms with E-state index in [1.54, 1.807) is 25.2 Å². The van der Waals surface area contributed by atoms with E-state index in [4.69, 9.17) is 0 Å². The predicted octanol–water partition coefficient (Wildman–Crippen LogP) is 1.21. The van der Waals surface area contributed by atoms with Gasteiger partial charge in [-0.1, -0.05) is 6.07 Å². The molecular weight excluding hydrogens is 202 g/mol. The lowest BCUT2D eigenvalue weighted by Crippen LogP contribution is -2.28. The fraction of sp³-hybridized carbons (Fsp3) is 0.500. The number of aromatic nitrogens is 1. The second-order valence-corrected chi connectivity index (χ2v) is 4.00. The first-order chi connectivity index (χ1) is 7.61. The Morgan fingerprint density at radius 3 is 2.88 bits per heavy atom. The van der Waals surface area contributed by atoms with Crippen LogP contribution in [0.3, 0.4) is 0 Å². The highest BCUT2D eigenvalue weighted by Crippen LogP contribution is 2.09. The smallest absolute Gasteiger partial charge is 0.223 e. The fourth-order valence-electron chi connectivity index (χ4n) is 1.37. The molecule has 0 aliphatic rings. The Hall–Kier alpha value is -1.42. The number of carbonyl (C=O) groups excluding carboxylic acids is 1. The van der Waals surface area contributed by atoms with Gasteiger partial charge in [0.05, 0.1) is 0 Å². The zero-order chi connectivity index (χ0) is 12.0. The maximum absolute atomic E-state index is 11.3. The molecule has 1 heterocycles. The van der Waals surface area contributed by atoms with Crippen molar-refractivity contribution in [1.82, 2.24) is 15.2 Å². The molecule has 1 amide bonds. The van der Waals surface area contributed by atoms with Crippen LogP contribution in [0.1, 0.15) is 24.9 Å². The van der Waals surface area contributed by atoms with Gasteiger partial charge in [0.15, 0.2) is 0 Å². The van der Waals surface area contributed by atoms with Gasteiger partial charge >= 0.3 is 0 Å². The van der Waals surface area contributed by atoms with Gasteiger partial charge in [0, 0.05) is 45.5 Å². The third kappa shape index (κ3) is 3.98. The third-order valence-corrected chi connectivity index (χ3v) is 2.47. The molecule has 4 nitrogen and oxygen atoms in total. The Balaban J connectivity index is 2.31. The van der Waals surface area contributed by atoms with Crippen LogP contribution in [0, 0.1) is 0 Å². The summed E-state index contributed by atoms with van der Waals surface area (Å²) in [5.41, 5.74) is 1.14. The summed E-state index contributed by atoms with van der Waals surface area (Å²) in [6.07, 6.45) is 4.12. The monoisotopic (exact) mass is 221 g/mol. The molecule has 0 saturated carbocycles. The first kappa shape index (κ1) is 12.6. The molecule has 16 heavy (non-hydrogen) atoms. The summed E-state index contributed by atoms with van der Waals surface area (Å²) in [5.74, 6) is 0.144. The number of carbonyl (C=O) groups is 1. The van der Waals surface area contributed by atoms with Crippen molar-refractivity contribution < 1.29 is 4.79 Å². The van der Waals surface area contributed by atoms with E-state index in [2.05, 4.69) is 17.2 Å². The average molecular weight is 221 g/mol. The molecule has 1 aromatic rings. The second kappa shape index (κ2) is 6.23. The average Bonchev–Trinajstić information content (AvgIpc) is 2.29. The number of pyridine rings is 1. The number of nitrogens with zero attached hydrogens (tertiary/aromatic N) is 2. The van der Waals surface area contributed by atoms with Crippen LogP contribution >= 0.6 is 0 Å². The quantitative estimate of drug-likeness (QED) is 0.813. The molecule has 0 radical (unpaired) electrons. The SMILES string of the molecule is C[C@H](NCCC(=O)N(C)C)c1cccnc1. The molecule has 1 N–H and O–H groups in total. The summed E-state index contributed by atoms with van der Waals surface area (Å²) in [7, 11) is 3.54. The standard InChI is InChI=1S/C12H19N3O/c1-10(11-5-4-7-13-9-11)14-8-6-12(16)15(2)3/h4-5,7,9-10,14H,6,8H2,1-3H3/t10-/m0/s1. The molecule has 1 atom stereocenters. The Labute approximate surface area is 96.7 Å². The number of hydrogen-bond donors (Lipinski definition) is 1. The predicted molar refractivity (Wildman–Crippen MR) is 64.0 cm³/mol. The van der Waals surface area contributed by atoms with E-state index in [0.29, 0.717) is 13.0 Å². The van der Waals surface area contributed by atoms with E-state index in [-0.39, 0.29) is 11.9 Å². The second-order valence-electron chi connectivity index (χ2n) is 4.00. The summed E-state index contributed by atoms with van der Waals surface area (Å²) in [6, 6.07) is 4.17. The molecule has 0 fully saturated rings. The molecule has 1 aromatic heterocycles. The molecule has 4 heteroatoms. The highest BCUT2D eigenvalue weighted by Gasteiger charge is 2.06. The summed E-state index contributed by atoms with van der Waals surface area (Å²) >= 11 is 0. The first-order valence-corrected chi connectivity index (χ1v) is 5.44. The Kier molecular flexibility index (Phi) is 4.92. The van der Waals surface area contributed by atoms with Gasteiger partial charge < -0.3 is 10.2 Å². The van der Waals surface area contributed by atoms with Crippen LogP contribution in [0.5, 0.6) is 0 Å². The van der Waals surface area contributed by atoms with E-state index >= 15 is 0 Å². The minimum Gasteiger partial charge on any atom is -0.349 e. The topological polar surface area (TPSA) is 45.2 Å². The third-order valence-electron chi connectivity index (χ3n) is 2.47. The molecule has 0 unspecified atom stereocenters. The Morgan fingerprint density at radius 1 is 1.56 bits per heavy atom. The minimum atomic E-state index is 0.144. The lowest BCUT2D eigenvalue weighted by atomic mass is 10.1. The van der Waals surface area contributed by atoms with Gasteiger partial charge in [0.2, 0.25) is 5.91 Å². The van der Waals surface area contributed by atoms with Crippen molar-refractivity contribution in [1.29, 1.82) is 0 Å². The number of amides is 1. The van der Waals surface area contributed by atoms with E-state index in [1.807, 2.05) is 18.3 Å². The molecule has 0 aliphatic carbocycles. The van der Waals surface area contributed by atoms with Gasteiger partial charge in [-0.15, -0.1) is 0 Å². The summed E-state index contributed by atoms with van der Waals surface area (Å²) in [5, 5.41) is 3.30. The Morgan fingerprint density at radius 2 is 2.31 bits per heavy atom. The van der Waals surface area contributed by atoms with Crippen LogP contribution < -0.4 is 5.32 Å². The molecule has 0 aliphatic heterocycles. The van der Waals surface area contributed by atoms with Gasteiger partial charge in [0.1, 0.15) is 0 Å². The molecule has 88 valence electrons. The van der Waals surface area contributed by atoms with Crippen LogP contribution in [0.4, 0.5) is 0 Å². The van der Waals surface area contributed by atoms with Crippen molar-refractivity contribution in [3.8, 4) is 0 Å². The molecule has 0 saturated heterocycles. The van der Waals surface area contributed by atoms with Crippen molar-refractivity contribution in [2.45, 2.75) is 19.4 Å². The number of nitrogens with one attached hydrogen (secondary N) is 1. The van der Waals surface area contributed by atoms with E-state index in [9.17, 15) is 4.79 Å². The van der Waals surface area contributed by atoms with Gasteiger partial charge in [0.25, 0.3) is 0 Å². The van der Waals surface area contributed by atoms with E-state index in [0.717, 1.165) is 5.56 Å². The van der Waals surface area contributed by atoms with Crippen LogP contribution in [-0.4, -0.2) is 36.4 Å². The van der Waals surface area contributed by atoms with Gasteiger partial charge in [-0.3, -0.25) is 9.78 Å². The number of hydrogen-bond acceptors (Lipinski definition) is 3. The summed E-state index contributed by atoms with van der Waals surface area (Å²) in [4.78, 5) is 17.0. The summed E-state index contributed by atoms with van der Waals surface area (Å²) in [6.45, 7) is 2.75. The van der Waals surface area contributed by atoms with Crippen molar-refractivity contribution in [2.24, 2.45) is 0 Å². The highest BCUT2D eigenvalue weighted by molar-refractivity contribution is 5.75. The summed E-state index contributed by atoms with van der Waals surface area (Å²) < 4.78 is 0. The maximum atomic E-state index is 11.3. The van der Waals surface area contributed by atoms with Crippen molar-refractivity contribution in [3.05, 3.63) is 30.1 Å². The zero-order valence-corrected chi connectivity index (χ0v) is 10.1. The van der Waals surface area contributed by atoms with E-state index < -0.39 is 0 Å². The van der Waals surface area contributed by atoms with Crippen molar-refractivity contribution in [3.63, 3.8) is 0 Å². The normalized spacial score (nSPS) is 12.2. The lowest BCUT2D eigenvalue weighted by Gasteiger charge is -2.15. The van der Waals surface area contributed by atoms with Gasteiger partial charge in [-0.25, -0.2) is 0 Å². The van der Waals surface area contributed by atoms with Crippen LogP contribution in [-0.2, 0) is 4.79 Å². The van der Waals surface area contributed by atoms with Crippen LogP contribution in [0.25, 0.3) is 0 Å². The van der Waals surface area contributed by atoms with Gasteiger partial charge in [-0.05, 0) is 18.6 Å². The van der Waals surface area contributed by atoms with Gasteiger partial charge in [-0.2, -0.15) is 0 Å². The van der Waals surface area contributed by atoms with Crippen LogP contribution in [0.2, 0.25) is 0 Å². The number of rotatable bonds is 5. The Bertz CT molecular complexity index is 324. The largest absolute Gasteiger partial charge is 0.349 e. The van der Waals surface area contributed by atoms with E-state index in [1.165, 1.54) is 0 Å². The zero-order valence-electron chi connectivity index (χ0n) is 10.1. The molecule has 0 bridgehead atoms. The molecular formula is C12H19N3O. The molecule has 0 spiro atoms. The minimum absolute atomic E-state index is 0.144. The van der Waals surface area contributed by atoms with Crippen molar-refractivity contribution >= 4 is 5.91 Å². The molecule has 0 aromatic carbocycles. The lowest BCUT2D eigenvalue weighted by molar-refractivity contribution is -0.128. The van der Waals surface area contributed by atoms with Crippen LogP contribution in [0.15, 0.2) is 24.5 Å². The maximum Gasteiger partial charge on any atom is 0.223 e.